The van der Waals surface area contributed by atoms with E-state index in [9.17, 15) is 4.79 Å². The summed E-state index contributed by atoms with van der Waals surface area (Å²) in [6.07, 6.45) is 3.68. The van der Waals surface area contributed by atoms with Crippen molar-refractivity contribution in [3.63, 3.8) is 0 Å². The first-order chi connectivity index (χ1) is 14.7. The van der Waals surface area contributed by atoms with Gasteiger partial charge in [0.25, 0.3) is 11.8 Å². The smallest absolute Gasteiger partial charge is 0.255 e. The number of carbonyl (C=O) groups is 1. The number of benzene rings is 3. The average molecular weight is 397 g/mol. The summed E-state index contributed by atoms with van der Waals surface area (Å²) in [5, 5.41) is 6.88. The Labute approximate surface area is 173 Å². The van der Waals surface area contributed by atoms with Crippen molar-refractivity contribution >= 4 is 23.7 Å². The molecule has 6 nitrogen and oxygen atoms in total. The van der Waals surface area contributed by atoms with E-state index < -0.39 is 0 Å². The fourth-order valence-corrected chi connectivity index (χ4v) is 2.80. The van der Waals surface area contributed by atoms with Crippen LogP contribution in [0.1, 0.15) is 21.8 Å². The third-order valence-electron chi connectivity index (χ3n) is 4.41. The van der Waals surface area contributed by atoms with Crippen molar-refractivity contribution in [3.8, 4) is 17.1 Å². The van der Waals surface area contributed by atoms with Gasteiger partial charge in [0.1, 0.15) is 5.75 Å². The molecule has 148 valence electrons. The van der Waals surface area contributed by atoms with Gasteiger partial charge in [-0.05, 0) is 60.2 Å². The first-order valence-corrected chi connectivity index (χ1v) is 9.34. The third-order valence-corrected chi connectivity index (χ3v) is 4.41. The largest absolute Gasteiger partial charge is 0.497 e. The summed E-state index contributed by atoms with van der Waals surface area (Å²) in [7, 11) is 1.59. The quantitative estimate of drug-likeness (QED) is 0.486. The van der Waals surface area contributed by atoms with Crippen molar-refractivity contribution in [3.05, 3.63) is 95.9 Å². The number of amides is 1. The normalized spacial score (nSPS) is 10.8. The second-order valence-electron chi connectivity index (χ2n) is 6.46. The van der Waals surface area contributed by atoms with E-state index in [2.05, 4.69) is 15.5 Å². The van der Waals surface area contributed by atoms with Crippen LogP contribution in [0.25, 0.3) is 23.5 Å². The molecule has 0 saturated heterocycles. The Morgan fingerprint density at radius 3 is 2.37 bits per heavy atom. The molecule has 0 unspecified atom stereocenters. The molecule has 4 rings (SSSR count). The first kappa shape index (κ1) is 19.1. The molecule has 0 aliphatic rings. The van der Waals surface area contributed by atoms with E-state index in [1.165, 1.54) is 0 Å². The number of methoxy groups -OCH3 is 1. The molecule has 0 atom stereocenters. The molecular weight excluding hydrogens is 378 g/mol. The zero-order valence-corrected chi connectivity index (χ0v) is 16.3. The number of hydrogen-bond donors (Lipinski definition) is 1. The minimum absolute atomic E-state index is 0.196. The molecule has 0 aliphatic carbocycles. The van der Waals surface area contributed by atoms with Crippen LogP contribution >= 0.6 is 0 Å². The summed E-state index contributed by atoms with van der Waals surface area (Å²) in [5.41, 5.74) is 3.06. The Morgan fingerprint density at radius 2 is 1.67 bits per heavy atom. The van der Waals surface area contributed by atoms with Crippen molar-refractivity contribution in [2.45, 2.75) is 0 Å². The molecule has 0 aliphatic heterocycles. The van der Waals surface area contributed by atoms with Crippen molar-refractivity contribution in [1.29, 1.82) is 0 Å². The van der Waals surface area contributed by atoms with E-state index in [4.69, 9.17) is 9.26 Å². The van der Waals surface area contributed by atoms with Gasteiger partial charge in [0, 0.05) is 22.9 Å². The number of carbonyl (C=O) groups excluding carboxylic acids is 1. The second kappa shape index (κ2) is 8.87. The number of aromatic nitrogens is 2. The zero-order valence-electron chi connectivity index (χ0n) is 16.3. The molecule has 1 N–H and O–H groups in total. The molecule has 0 fully saturated rings. The Morgan fingerprint density at radius 1 is 0.933 bits per heavy atom. The van der Waals surface area contributed by atoms with Gasteiger partial charge >= 0.3 is 0 Å². The molecule has 4 aromatic rings. The van der Waals surface area contributed by atoms with Gasteiger partial charge < -0.3 is 14.6 Å². The molecule has 0 saturated carbocycles. The number of anilines is 1. The maximum atomic E-state index is 12.4. The molecule has 1 aromatic heterocycles. The lowest BCUT2D eigenvalue weighted by Gasteiger charge is -2.06. The highest BCUT2D eigenvalue weighted by Crippen LogP contribution is 2.20. The van der Waals surface area contributed by atoms with Crippen molar-refractivity contribution < 1.29 is 14.1 Å². The maximum Gasteiger partial charge on any atom is 0.255 e. The maximum absolute atomic E-state index is 12.4. The lowest BCUT2D eigenvalue weighted by Crippen LogP contribution is -2.11. The van der Waals surface area contributed by atoms with Crippen molar-refractivity contribution in [1.82, 2.24) is 10.1 Å². The summed E-state index contributed by atoms with van der Waals surface area (Å²) < 4.78 is 10.4. The topological polar surface area (TPSA) is 77.2 Å². The minimum Gasteiger partial charge on any atom is -0.497 e. The van der Waals surface area contributed by atoms with Crippen molar-refractivity contribution in [2.24, 2.45) is 0 Å². The summed E-state index contributed by atoms with van der Waals surface area (Å²) in [5.74, 6) is 1.41. The SMILES string of the molecule is COc1ccc(C(=O)Nc2ccc(-c3noc(/C=C\c4ccccc4)n3)cc2)cc1. The summed E-state index contributed by atoms with van der Waals surface area (Å²) in [6.45, 7) is 0. The molecule has 1 heterocycles. The summed E-state index contributed by atoms with van der Waals surface area (Å²) in [6, 6.07) is 24.1. The van der Waals surface area contributed by atoms with Crippen LogP contribution < -0.4 is 10.1 Å². The Kier molecular flexibility index (Phi) is 5.66. The highest BCUT2D eigenvalue weighted by molar-refractivity contribution is 6.04. The van der Waals surface area contributed by atoms with Crippen LogP contribution in [0.15, 0.2) is 83.4 Å². The van der Waals surface area contributed by atoms with Crippen molar-refractivity contribution in [2.75, 3.05) is 12.4 Å². The third kappa shape index (κ3) is 4.62. The summed E-state index contributed by atoms with van der Waals surface area (Å²) in [4.78, 5) is 16.7. The van der Waals surface area contributed by atoms with E-state index in [1.54, 1.807) is 49.6 Å². The van der Waals surface area contributed by atoms with Crippen LogP contribution in [-0.4, -0.2) is 23.2 Å². The first-order valence-electron chi connectivity index (χ1n) is 9.34. The lowest BCUT2D eigenvalue weighted by molar-refractivity contribution is 0.102. The number of nitrogens with one attached hydrogen (secondary N) is 1. The lowest BCUT2D eigenvalue weighted by atomic mass is 10.1. The highest BCUT2D eigenvalue weighted by Gasteiger charge is 2.09. The Bertz CT molecular complexity index is 1150. The van der Waals surface area contributed by atoms with Crippen LogP contribution in [0.4, 0.5) is 5.69 Å². The molecule has 30 heavy (non-hydrogen) atoms. The van der Waals surface area contributed by atoms with E-state index >= 15 is 0 Å². The van der Waals surface area contributed by atoms with Gasteiger partial charge in [-0.15, -0.1) is 0 Å². The van der Waals surface area contributed by atoms with E-state index in [0.29, 0.717) is 28.7 Å². The predicted octanol–water partition coefficient (Wildman–Crippen LogP) is 5.17. The predicted molar refractivity (Wildman–Crippen MR) is 116 cm³/mol. The number of ether oxygens (including phenoxy) is 1. The van der Waals surface area contributed by atoms with Crippen LogP contribution in [-0.2, 0) is 0 Å². The second-order valence-corrected chi connectivity index (χ2v) is 6.46. The van der Waals surface area contributed by atoms with Crippen LogP contribution in [0.5, 0.6) is 5.75 Å². The molecule has 6 heteroatoms. The highest BCUT2D eigenvalue weighted by atomic mass is 16.5. The molecule has 0 spiro atoms. The molecule has 1 amide bonds. The monoisotopic (exact) mass is 397 g/mol. The van der Waals surface area contributed by atoms with Gasteiger partial charge in [-0.1, -0.05) is 35.5 Å². The molecule has 0 radical (unpaired) electrons. The van der Waals surface area contributed by atoms with Gasteiger partial charge in [-0.2, -0.15) is 4.98 Å². The Balaban J connectivity index is 1.41. The van der Waals surface area contributed by atoms with Gasteiger partial charge in [-0.3, -0.25) is 4.79 Å². The van der Waals surface area contributed by atoms with E-state index in [-0.39, 0.29) is 5.91 Å². The molecule has 3 aromatic carbocycles. The number of hydrogen-bond acceptors (Lipinski definition) is 5. The van der Waals surface area contributed by atoms with Crippen LogP contribution in [0.2, 0.25) is 0 Å². The molecular formula is C24H19N3O3. The van der Waals surface area contributed by atoms with Gasteiger partial charge in [0.15, 0.2) is 0 Å². The fourth-order valence-electron chi connectivity index (χ4n) is 2.80. The zero-order chi connectivity index (χ0) is 20.8. The van der Waals surface area contributed by atoms with Crippen LogP contribution in [0, 0.1) is 0 Å². The van der Waals surface area contributed by atoms with Gasteiger partial charge in [0.05, 0.1) is 7.11 Å². The molecule has 0 bridgehead atoms. The number of nitrogens with zero attached hydrogens (tertiary/aromatic N) is 2. The fraction of sp³-hybridized carbons (Fsp3) is 0.0417. The van der Waals surface area contributed by atoms with Crippen LogP contribution in [0.3, 0.4) is 0 Å². The van der Waals surface area contributed by atoms with E-state index in [1.807, 2.05) is 48.5 Å². The van der Waals surface area contributed by atoms with E-state index in [0.717, 1.165) is 11.1 Å². The number of rotatable bonds is 6. The van der Waals surface area contributed by atoms with Gasteiger partial charge in [0.2, 0.25) is 5.82 Å². The standard InChI is InChI=1S/C24H19N3O3/c1-29-21-14-10-19(11-15-21)24(28)25-20-12-8-18(9-13-20)23-26-22(30-27-23)16-7-17-5-3-2-4-6-17/h2-16H,1H3,(H,25,28)/b16-7-. The Hall–Kier alpha value is -4.19. The summed E-state index contributed by atoms with van der Waals surface area (Å²) >= 11 is 0. The average Bonchev–Trinajstić information content (AvgIpc) is 3.28. The minimum atomic E-state index is -0.196. The van der Waals surface area contributed by atoms with Gasteiger partial charge in [-0.25, -0.2) is 0 Å².